The molecule has 0 aliphatic heterocycles. The molecule has 0 unspecified atom stereocenters. The third kappa shape index (κ3) is 2.31. The zero-order valence-corrected chi connectivity index (χ0v) is 13.8. The van der Waals surface area contributed by atoms with E-state index in [4.69, 9.17) is 0 Å². The average Bonchev–Trinajstić information content (AvgIpc) is 3.21. The molecule has 0 spiro atoms. The second-order valence-electron chi connectivity index (χ2n) is 5.59. The van der Waals surface area contributed by atoms with E-state index in [1.54, 1.807) is 16.9 Å². The Morgan fingerprint density at radius 1 is 1.09 bits per heavy atom. The quantitative estimate of drug-likeness (QED) is 0.579. The molecule has 0 N–H and O–H groups in total. The summed E-state index contributed by atoms with van der Waals surface area (Å²) >= 11 is 1.51. The van der Waals surface area contributed by atoms with Crippen molar-refractivity contribution in [3.63, 3.8) is 0 Å². The molecule has 4 heterocycles. The van der Waals surface area contributed by atoms with E-state index >= 15 is 0 Å². The lowest BCUT2D eigenvalue weighted by Gasteiger charge is -1.96. The number of nitrogens with zero attached hydrogens (tertiary/aromatic N) is 7. The number of pyridine rings is 1. The summed E-state index contributed by atoms with van der Waals surface area (Å²) in [5.41, 5.74) is 2.99. The number of hydrogen-bond acceptors (Lipinski definition) is 6. The number of aromatic nitrogens is 7. The van der Waals surface area contributed by atoms with Gasteiger partial charge in [0.05, 0.1) is 11.4 Å². The van der Waals surface area contributed by atoms with Crippen LogP contribution in [0.25, 0.3) is 27.1 Å². The molecule has 0 atom stereocenters. The first-order chi connectivity index (χ1) is 11.1. The fourth-order valence-corrected chi connectivity index (χ4v) is 3.26. The first kappa shape index (κ1) is 14.0. The van der Waals surface area contributed by atoms with Gasteiger partial charge in [-0.3, -0.25) is 9.67 Å². The fourth-order valence-electron chi connectivity index (χ4n) is 2.37. The van der Waals surface area contributed by atoms with Crippen molar-refractivity contribution >= 4 is 16.3 Å². The first-order valence-corrected chi connectivity index (χ1v) is 8.12. The van der Waals surface area contributed by atoms with Gasteiger partial charge in [-0.25, -0.2) is 0 Å². The number of rotatable bonds is 3. The molecule has 23 heavy (non-hydrogen) atoms. The van der Waals surface area contributed by atoms with Crippen molar-refractivity contribution < 1.29 is 0 Å². The van der Waals surface area contributed by atoms with Crippen LogP contribution in [0.2, 0.25) is 0 Å². The molecule has 8 heteroatoms. The van der Waals surface area contributed by atoms with Crippen LogP contribution >= 0.6 is 11.3 Å². The smallest absolute Gasteiger partial charge is 0.235 e. The summed E-state index contributed by atoms with van der Waals surface area (Å²) in [6.07, 6.45) is 3.47. The molecule has 0 aliphatic rings. The molecule has 0 aromatic carbocycles. The molecule has 0 saturated heterocycles. The van der Waals surface area contributed by atoms with Gasteiger partial charge >= 0.3 is 0 Å². The molecular formula is C15H15N7S. The Morgan fingerprint density at radius 3 is 2.57 bits per heavy atom. The predicted octanol–water partition coefficient (Wildman–Crippen LogP) is 2.77. The largest absolute Gasteiger partial charge is 0.265 e. The highest BCUT2D eigenvalue weighted by Crippen LogP contribution is 2.29. The Morgan fingerprint density at radius 2 is 1.87 bits per heavy atom. The lowest BCUT2D eigenvalue weighted by atomic mass is 10.1. The fraction of sp³-hybridized carbons (Fsp3) is 0.267. The van der Waals surface area contributed by atoms with Gasteiger partial charge in [-0.05, 0) is 24.1 Å². The van der Waals surface area contributed by atoms with Crippen molar-refractivity contribution in [3.8, 4) is 22.1 Å². The number of fused-ring (bicyclic) bond motifs is 1. The van der Waals surface area contributed by atoms with Gasteiger partial charge in [0, 0.05) is 25.0 Å². The van der Waals surface area contributed by atoms with E-state index in [1.165, 1.54) is 11.3 Å². The van der Waals surface area contributed by atoms with Crippen molar-refractivity contribution in [2.75, 3.05) is 0 Å². The SMILES string of the molecule is CC(C)c1cc(-c2nn3c(-c4ccncc4)nnc3s2)n(C)n1. The van der Waals surface area contributed by atoms with Crippen LogP contribution in [0.3, 0.4) is 0 Å². The highest BCUT2D eigenvalue weighted by atomic mass is 32.1. The van der Waals surface area contributed by atoms with Crippen LogP contribution in [0.4, 0.5) is 0 Å². The Hall–Kier alpha value is -2.61. The van der Waals surface area contributed by atoms with E-state index in [0.717, 1.165) is 32.7 Å². The highest BCUT2D eigenvalue weighted by Gasteiger charge is 2.17. The van der Waals surface area contributed by atoms with E-state index < -0.39 is 0 Å². The molecule has 0 saturated carbocycles. The van der Waals surface area contributed by atoms with Gasteiger partial charge in [0.15, 0.2) is 10.8 Å². The van der Waals surface area contributed by atoms with Crippen molar-refractivity contribution in [1.29, 1.82) is 0 Å². The van der Waals surface area contributed by atoms with Gasteiger partial charge in [0.2, 0.25) is 4.96 Å². The second kappa shape index (κ2) is 5.24. The van der Waals surface area contributed by atoms with Gasteiger partial charge in [0.1, 0.15) is 0 Å². The van der Waals surface area contributed by atoms with Gasteiger partial charge in [-0.15, -0.1) is 10.2 Å². The summed E-state index contributed by atoms with van der Waals surface area (Å²) in [5.74, 6) is 1.10. The molecular weight excluding hydrogens is 310 g/mol. The van der Waals surface area contributed by atoms with Crippen LogP contribution in [0, 0.1) is 0 Å². The number of hydrogen-bond donors (Lipinski definition) is 0. The Kier molecular flexibility index (Phi) is 3.19. The van der Waals surface area contributed by atoms with E-state index in [9.17, 15) is 0 Å². The van der Waals surface area contributed by atoms with E-state index in [2.05, 4.69) is 45.3 Å². The van der Waals surface area contributed by atoms with Crippen molar-refractivity contribution in [3.05, 3.63) is 36.3 Å². The number of aryl methyl sites for hydroxylation is 1. The molecule has 4 aromatic heterocycles. The van der Waals surface area contributed by atoms with Crippen LogP contribution in [-0.4, -0.2) is 34.6 Å². The maximum Gasteiger partial charge on any atom is 0.235 e. The predicted molar refractivity (Wildman–Crippen MR) is 88.2 cm³/mol. The van der Waals surface area contributed by atoms with Crippen LogP contribution in [0.1, 0.15) is 25.5 Å². The summed E-state index contributed by atoms with van der Waals surface area (Å²) in [6.45, 7) is 4.26. The monoisotopic (exact) mass is 325 g/mol. The van der Waals surface area contributed by atoms with Crippen LogP contribution in [-0.2, 0) is 7.05 Å². The standard InChI is InChI=1S/C15H15N7S/c1-9(2)11-8-12(21(3)19-11)14-20-22-13(17-18-15(22)23-14)10-4-6-16-7-5-10/h4-9H,1-3H3. The topological polar surface area (TPSA) is 73.8 Å². The molecule has 0 bridgehead atoms. The van der Waals surface area contributed by atoms with E-state index in [1.807, 2.05) is 23.9 Å². The van der Waals surface area contributed by atoms with E-state index in [-0.39, 0.29) is 0 Å². The second-order valence-corrected chi connectivity index (χ2v) is 6.55. The van der Waals surface area contributed by atoms with Gasteiger partial charge in [0.25, 0.3) is 0 Å². The summed E-state index contributed by atoms with van der Waals surface area (Å²) in [4.78, 5) is 4.80. The average molecular weight is 325 g/mol. The Labute approximate surface area is 136 Å². The van der Waals surface area contributed by atoms with Gasteiger partial charge in [-0.1, -0.05) is 25.2 Å². The normalized spacial score (nSPS) is 11.7. The zero-order chi connectivity index (χ0) is 16.0. The summed E-state index contributed by atoms with van der Waals surface area (Å²) < 4.78 is 3.64. The van der Waals surface area contributed by atoms with E-state index in [0.29, 0.717) is 5.92 Å². The van der Waals surface area contributed by atoms with Crippen LogP contribution < -0.4 is 0 Å². The summed E-state index contributed by atoms with van der Waals surface area (Å²) in [6, 6.07) is 5.88. The Bertz CT molecular complexity index is 964. The van der Waals surface area contributed by atoms with Gasteiger partial charge in [-0.2, -0.15) is 14.7 Å². The Balaban J connectivity index is 1.83. The van der Waals surface area contributed by atoms with Crippen molar-refractivity contribution in [2.24, 2.45) is 7.05 Å². The molecule has 7 nitrogen and oxygen atoms in total. The molecule has 4 rings (SSSR count). The van der Waals surface area contributed by atoms with Crippen molar-refractivity contribution in [2.45, 2.75) is 19.8 Å². The third-order valence-electron chi connectivity index (χ3n) is 3.64. The van der Waals surface area contributed by atoms with Crippen LogP contribution in [0.15, 0.2) is 30.6 Å². The van der Waals surface area contributed by atoms with Crippen LogP contribution in [0.5, 0.6) is 0 Å². The van der Waals surface area contributed by atoms with Crippen molar-refractivity contribution in [1.82, 2.24) is 34.6 Å². The maximum absolute atomic E-state index is 4.68. The molecule has 0 amide bonds. The lowest BCUT2D eigenvalue weighted by molar-refractivity contribution is 0.716. The first-order valence-electron chi connectivity index (χ1n) is 7.30. The maximum atomic E-state index is 4.68. The molecule has 0 radical (unpaired) electrons. The zero-order valence-electron chi connectivity index (χ0n) is 13.0. The third-order valence-corrected chi connectivity index (χ3v) is 4.56. The lowest BCUT2D eigenvalue weighted by Crippen LogP contribution is -1.96. The molecule has 4 aromatic rings. The summed E-state index contributed by atoms with van der Waals surface area (Å²) in [7, 11) is 1.94. The minimum atomic E-state index is 0.382. The molecule has 116 valence electrons. The highest BCUT2D eigenvalue weighted by molar-refractivity contribution is 7.19. The molecule has 0 aliphatic carbocycles. The van der Waals surface area contributed by atoms with Gasteiger partial charge < -0.3 is 0 Å². The summed E-state index contributed by atoms with van der Waals surface area (Å²) in [5, 5.41) is 18.6. The minimum absolute atomic E-state index is 0.382. The minimum Gasteiger partial charge on any atom is -0.265 e. The molecule has 0 fully saturated rings.